The van der Waals surface area contributed by atoms with Crippen LogP contribution in [0.25, 0.3) is 21.8 Å². The molecule has 0 amide bonds. The number of nitrogens with one attached hydrogen (secondary N) is 1. The van der Waals surface area contributed by atoms with E-state index in [9.17, 15) is 4.91 Å². The predicted molar refractivity (Wildman–Crippen MR) is 120 cm³/mol. The minimum Gasteiger partial charge on any atom is -0.399 e. The molecule has 0 unspecified atom stereocenters. The first kappa shape index (κ1) is 20.1. The minimum atomic E-state index is -0.386. The molecular formula is C21H27B2N3O3. The molecule has 0 aliphatic carbocycles. The summed E-state index contributed by atoms with van der Waals surface area (Å²) in [5.41, 5.74) is 2.15. The van der Waals surface area contributed by atoms with Gasteiger partial charge < -0.3 is 14.3 Å². The Labute approximate surface area is 172 Å². The van der Waals surface area contributed by atoms with E-state index >= 15 is 0 Å². The summed E-state index contributed by atoms with van der Waals surface area (Å²) in [6.07, 6.45) is 2.25. The molecule has 0 radical (unpaired) electrons. The molecular weight excluding hydrogens is 364 g/mol. The summed E-state index contributed by atoms with van der Waals surface area (Å²) >= 11 is 0. The van der Waals surface area contributed by atoms with Crippen LogP contribution < -0.4 is 5.46 Å². The minimum absolute atomic E-state index is 0.234. The number of hydrogen-bond donors (Lipinski definition) is 1. The van der Waals surface area contributed by atoms with Gasteiger partial charge in [-0.15, -0.1) is 5.09 Å². The Morgan fingerprint density at radius 1 is 1.14 bits per heavy atom. The first-order valence-electron chi connectivity index (χ1n) is 10.3. The quantitative estimate of drug-likeness (QED) is 0.503. The van der Waals surface area contributed by atoms with E-state index < -0.39 is 0 Å². The van der Waals surface area contributed by atoms with Crippen LogP contribution in [0, 0.1) is 4.91 Å². The molecule has 150 valence electrons. The van der Waals surface area contributed by atoms with Crippen molar-refractivity contribution >= 4 is 41.2 Å². The van der Waals surface area contributed by atoms with Crippen molar-refractivity contribution in [3.63, 3.8) is 0 Å². The second-order valence-electron chi connectivity index (χ2n) is 8.97. The van der Waals surface area contributed by atoms with Gasteiger partial charge in [0.25, 0.3) is 0 Å². The number of imidazole rings is 1. The summed E-state index contributed by atoms with van der Waals surface area (Å²) in [6.45, 7) is 10.1. The van der Waals surface area contributed by atoms with Gasteiger partial charge in [-0.3, -0.25) is 0 Å². The van der Waals surface area contributed by atoms with Crippen molar-refractivity contribution in [2.75, 3.05) is 0 Å². The number of benzene rings is 2. The molecule has 0 spiro atoms. The van der Waals surface area contributed by atoms with E-state index in [0.717, 1.165) is 45.8 Å². The highest BCUT2D eigenvalue weighted by Crippen LogP contribution is 2.36. The van der Waals surface area contributed by atoms with Crippen LogP contribution in [0.2, 0.25) is 6.32 Å². The Morgan fingerprint density at radius 3 is 2.52 bits per heavy atom. The van der Waals surface area contributed by atoms with E-state index in [1.165, 1.54) is 0 Å². The van der Waals surface area contributed by atoms with Crippen molar-refractivity contribution in [2.24, 2.45) is 5.09 Å². The number of nitrogens with zero attached hydrogens (tertiary/aromatic N) is 2. The lowest BCUT2D eigenvalue weighted by Crippen LogP contribution is -2.41. The molecule has 2 heterocycles. The third-order valence-electron chi connectivity index (χ3n) is 6.27. The molecule has 8 heteroatoms. The molecule has 3 aromatic rings. The highest BCUT2D eigenvalue weighted by Gasteiger charge is 2.51. The zero-order chi connectivity index (χ0) is 20.8. The Bertz CT molecular complexity index is 1050. The number of aromatic nitrogens is 2. The highest BCUT2D eigenvalue weighted by molar-refractivity contribution is 6.62. The van der Waals surface area contributed by atoms with E-state index in [0.29, 0.717) is 6.32 Å². The molecule has 1 N–H and O–H groups in total. The van der Waals surface area contributed by atoms with Crippen molar-refractivity contribution < 1.29 is 9.31 Å². The molecule has 0 bridgehead atoms. The van der Waals surface area contributed by atoms with Gasteiger partial charge in [0.1, 0.15) is 5.82 Å². The van der Waals surface area contributed by atoms with Gasteiger partial charge in [-0.05, 0) is 50.9 Å². The SMILES string of the molecule is CCCB(Cc1nc2c(ccc3cc(B4OC(C)(C)C(C)(C)O4)ccc32)[nH]1)N=O. The zero-order valence-electron chi connectivity index (χ0n) is 17.8. The van der Waals surface area contributed by atoms with Crippen molar-refractivity contribution in [1.29, 1.82) is 0 Å². The van der Waals surface area contributed by atoms with Gasteiger partial charge in [0.2, 0.25) is 0 Å². The molecule has 1 fully saturated rings. The standard InChI is InChI=1S/C21H27B2N3O3/c1-6-11-22(26-27)13-18-24-17-10-7-14-12-15(8-9-16(14)19(17)25-18)23-28-20(2,3)21(4,5)29-23/h7-10,12H,6,11,13H2,1-5H3,(H,24,25). The van der Waals surface area contributed by atoms with Gasteiger partial charge in [-0.25, -0.2) is 4.98 Å². The Hall–Kier alpha value is -2.18. The fourth-order valence-corrected chi connectivity index (χ4v) is 3.84. The molecule has 1 aliphatic heterocycles. The summed E-state index contributed by atoms with van der Waals surface area (Å²) in [4.78, 5) is 19.2. The fourth-order valence-electron chi connectivity index (χ4n) is 3.84. The maximum atomic E-state index is 11.1. The number of rotatable bonds is 6. The third-order valence-corrected chi connectivity index (χ3v) is 6.27. The Balaban J connectivity index is 1.67. The maximum absolute atomic E-state index is 11.1. The van der Waals surface area contributed by atoms with Gasteiger partial charge in [0.15, 0.2) is 0 Å². The summed E-state index contributed by atoms with van der Waals surface area (Å²) in [5, 5.41) is 5.40. The van der Waals surface area contributed by atoms with Crippen LogP contribution in [-0.4, -0.2) is 35.1 Å². The Kier molecular flexibility index (Phi) is 5.03. The number of nitroso groups, excluding NO2 is 1. The van der Waals surface area contributed by atoms with Crippen LogP contribution in [0.3, 0.4) is 0 Å². The van der Waals surface area contributed by atoms with Crippen molar-refractivity contribution in [3.05, 3.63) is 41.1 Å². The van der Waals surface area contributed by atoms with Gasteiger partial charge in [0.05, 0.1) is 22.2 Å². The lowest BCUT2D eigenvalue weighted by atomic mass is 9.57. The summed E-state index contributed by atoms with van der Waals surface area (Å²) < 4.78 is 12.4. The van der Waals surface area contributed by atoms with Crippen LogP contribution in [0.5, 0.6) is 0 Å². The monoisotopic (exact) mass is 391 g/mol. The summed E-state index contributed by atoms with van der Waals surface area (Å²) in [5.74, 6) is 0.806. The molecule has 0 saturated carbocycles. The predicted octanol–water partition coefficient (Wildman–Crippen LogP) is 4.26. The largest absolute Gasteiger partial charge is 0.494 e. The van der Waals surface area contributed by atoms with E-state index in [2.05, 4.69) is 62.9 Å². The van der Waals surface area contributed by atoms with Crippen molar-refractivity contribution in [2.45, 2.75) is 64.9 Å². The van der Waals surface area contributed by atoms with Gasteiger partial charge >= 0.3 is 14.0 Å². The molecule has 0 atom stereocenters. The van der Waals surface area contributed by atoms with E-state index in [1.807, 2.05) is 12.1 Å². The number of aromatic amines is 1. The molecule has 6 nitrogen and oxygen atoms in total. The molecule has 1 saturated heterocycles. The smallest absolute Gasteiger partial charge is 0.399 e. The van der Waals surface area contributed by atoms with Crippen LogP contribution in [0.15, 0.2) is 35.4 Å². The molecule has 4 rings (SSSR count). The first-order valence-corrected chi connectivity index (χ1v) is 10.3. The van der Waals surface area contributed by atoms with E-state index in [4.69, 9.17) is 14.3 Å². The molecule has 29 heavy (non-hydrogen) atoms. The van der Waals surface area contributed by atoms with E-state index in [-0.39, 0.29) is 25.2 Å². The topological polar surface area (TPSA) is 76.6 Å². The third kappa shape index (κ3) is 3.60. The van der Waals surface area contributed by atoms with Crippen LogP contribution in [-0.2, 0) is 15.6 Å². The van der Waals surface area contributed by atoms with Gasteiger partial charge in [-0.2, -0.15) is 4.91 Å². The van der Waals surface area contributed by atoms with Gasteiger partial charge in [-0.1, -0.05) is 37.6 Å². The summed E-state index contributed by atoms with van der Waals surface area (Å²) in [7, 11) is -0.386. The molecule has 2 aromatic carbocycles. The second kappa shape index (κ2) is 7.26. The first-order chi connectivity index (χ1) is 13.7. The number of H-pyrrole nitrogens is 1. The normalized spacial score (nSPS) is 17.9. The van der Waals surface area contributed by atoms with Gasteiger partial charge in [0, 0.05) is 11.7 Å². The fraction of sp³-hybridized carbons (Fsp3) is 0.476. The lowest BCUT2D eigenvalue weighted by Gasteiger charge is -2.32. The van der Waals surface area contributed by atoms with Crippen LogP contribution in [0.1, 0.15) is 46.9 Å². The average molecular weight is 391 g/mol. The second-order valence-corrected chi connectivity index (χ2v) is 8.97. The molecule has 1 aliphatic rings. The highest BCUT2D eigenvalue weighted by atomic mass is 16.7. The van der Waals surface area contributed by atoms with Crippen LogP contribution >= 0.6 is 0 Å². The number of fused-ring (bicyclic) bond motifs is 3. The Morgan fingerprint density at radius 2 is 1.86 bits per heavy atom. The van der Waals surface area contributed by atoms with Crippen LogP contribution in [0.4, 0.5) is 0 Å². The maximum Gasteiger partial charge on any atom is 0.494 e. The van der Waals surface area contributed by atoms with Crippen molar-refractivity contribution in [3.8, 4) is 0 Å². The van der Waals surface area contributed by atoms with E-state index in [1.54, 1.807) is 0 Å². The molecule has 1 aromatic heterocycles. The lowest BCUT2D eigenvalue weighted by molar-refractivity contribution is 0.00578. The zero-order valence-corrected chi connectivity index (χ0v) is 17.8. The number of hydrogen-bond acceptors (Lipinski definition) is 5. The average Bonchev–Trinajstić information content (AvgIpc) is 3.18. The van der Waals surface area contributed by atoms with Crippen molar-refractivity contribution in [1.82, 2.24) is 9.97 Å². The summed E-state index contributed by atoms with van der Waals surface area (Å²) in [6, 6.07) is 10.3.